The molecule has 0 spiro atoms. The molecule has 1 saturated heterocycles. The Balaban J connectivity index is 1.45. The van der Waals surface area contributed by atoms with Crippen LogP contribution in [0.25, 0.3) is 22.3 Å². The highest BCUT2D eigenvalue weighted by Crippen LogP contribution is 2.31. The van der Waals surface area contributed by atoms with Crippen LogP contribution in [0.2, 0.25) is 0 Å². The van der Waals surface area contributed by atoms with E-state index < -0.39 is 11.6 Å². The number of nitrogens with zero attached hydrogens (tertiary/aromatic N) is 6. The van der Waals surface area contributed by atoms with Crippen molar-refractivity contribution in [2.24, 2.45) is 0 Å². The summed E-state index contributed by atoms with van der Waals surface area (Å²) in [4.78, 5) is 19.6. The van der Waals surface area contributed by atoms with Gasteiger partial charge in [-0.1, -0.05) is 6.07 Å². The highest BCUT2D eigenvalue weighted by Gasteiger charge is 2.22. The largest absolute Gasteiger partial charge is 0.326 e. The number of hydrogen-bond acceptors (Lipinski definition) is 6. The Morgan fingerprint density at radius 1 is 0.971 bits per heavy atom. The number of aromatic nitrogens is 5. The first-order chi connectivity index (χ1) is 16.3. The van der Waals surface area contributed by atoms with Gasteiger partial charge in [-0.25, -0.2) is 28.7 Å². The second kappa shape index (κ2) is 8.72. The molecule has 1 N–H and O–H groups in total. The molecule has 1 aromatic carbocycles. The minimum Gasteiger partial charge on any atom is -0.326 e. The molecule has 0 radical (unpaired) electrons. The van der Waals surface area contributed by atoms with Crippen LogP contribution in [0, 0.1) is 18.6 Å². The molecule has 1 fully saturated rings. The Bertz CT molecular complexity index is 1340. The number of pyridine rings is 1. The summed E-state index contributed by atoms with van der Waals surface area (Å²) in [7, 11) is 0. The van der Waals surface area contributed by atoms with E-state index in [4.69, 9.17) is 0 Å². The average Bonchev–Trinajstić information content (AvgIpc) is 3.11. The predicted octanol–water partition coefficient (Wildman–Crippen LogP) is 5.57. The van der Waals surface area contributed by atoms with Crippen LogP contribution in [-0.2, 0) is 0 Å². The van der Waals surface area contributed by atoms with Crippen molar-refractivity contribution >= 4 is 22.8 Å². The van der Waals surface area contributed by atoms with Gasteiger partial charge in [0.05, 0.1) is 11.7 Å². The van der Waals surface area contributed by atoms with Gasteiger partial charge in [-0.05, 0) is 71.0 Å². The van der Waals surface area contributed by atoms with E-state index in [0.717, 1.165) is 24.8 Å². The lowest BCUT2D eigenvalue weighted by molar-refractivity contribution is 0.128. The van der Waals surface area contributed by atoms with Gasteiger partial charge in [0.25, 0.3) is 0 Å². The summed E-state index contributed by atoms with van der Waals surface area (Å²) < 4.78 is 31.5. The summed E-state index contributed by atoms with van der Waals surface area (Å²) in [5, 5.41) is 3.03. The van der Waals surface area contributed by atoms with Crippen LogP contribution < -0.4 is 5.32 Å². The van der Waals surface area contributed by atoms with E-state index in [-0.39, 0.29) is 23.2 Å². The Labute approximate surface area is 196 Å². The molecule has 4 aromatic rings. The van der Waals surface area contributed by atoms with Crippen LogP contribution in [0.3, 0.4) is 0 Å². The van der Waals surface area contributed by atoms with Gasteiger partial charge in [0.15, 0.2) is 11.6 Å². The summed E-state index contributed by atoms with van der Waals surface area (Å²) in [5.41, 5.74) is 2.33. The third-order valence-electron chi connectivity index (χ3n) is 6.41. The van der Waals surface area contributed by atoms with Crippen LogP contribution in [0.5, 0.6) is 0 Å². The minimum absolute atomic E-state index is 0.00971. The number of aryl methyl sites for hydroxylation is 1. The maximum atomic E-state index is 14.9. The lowest BCUT2D eigenvalue weighted by atomic mass is 10.1. The van der Waals surface area contributed by atoms with Gasteiger partial charge in [-0.15, -0.1) is 0 Å². The monoisotopic (exact) mass is 463 g/mol. The first-order valence-electron chi connectivity index (χ1n) is 11.5. The van der Waals surface area contributed by atoms with Crippen LogP contribution in [0.15, 0.2) is 36.7 Å². The second-order valence-corrected chi connectivity index (χ2v) is 9.01. The molecule has 5 rings (SSSR count). The lowest BCUT2D eigenvalue weighted by Gasteiger charge is -2.36. The molecule has 0 saturated carbocycles. The molecule has 34 heavy (non-hydrogen) atoms. The number of anilines is 2. The van der Waals surface area contributed by atoms with E-state index in [1.807, 2.05) is 43.7 Å². The summed E-state index contributed by atoms with van der Waals surface area (Å²) in [5.74, 6) is 0.276. The zero-order valence-corrected chi connectivity index (χ0v) is 19.7. The molecule has 176 valence electrons. The van der Waals surface area contributed by atoms with Crippen molar-refractivity contribution in [3.63, 3.8) is 0 Å². The summed E-state index contributed by atoms with van der Waals surface area (Å²) in [6.45, 7) is 10.2. The molecule has 7 nitrogen and oxygen atoms in total. The highest BCUT2D eigenvalue weighted by atomic mass is 19.1. The molecule has 4 heterocycles. The molecule has 1 aliphatic heterocycles. The molecule has 1 unspecified atom stereocenters. The predicted molar refractivity (Wildman–Crippen MR) is 128 cm³/mol. The number of imidazole rings is 1. The number of hydrogen-bond donors (Lipinski definition) is 1. The number of halogens is 2. The Morgan fingerprint density at radius 2 is 1.76 bits per heavy atom. The normalized spacial score (nSPS) is 15.0. The SMILES string of the molecule is Cc1nc2c(F)cc(-c3nc(Nc4ccc(C(C)N5CCC5)cn4)ncc3F)cc2n1C(C)C. The topological polar surface area (TPSA) is 71.8 Å². The summed E-state index contributed by atoms with van der Waals surface area (Å²) in [6, 6.07) is 7.24. The van der Waals surface area contributed by atoms with Crippen molar-refractivity contribution in [3.8, 4) is 11.3 Å². The zero-order chi connectivity index (χ0) is 24.0. The maximum absolute atomic E-state index is 14.9. The molecular weight excluding hydrogens is 436 g/mol. The van der Waals surface area contributed by atoms with E-state index in [9.17, 15) is 8.78 Å². The first-order valence-corrected chi connectivity index (χ1v) is 11.5. The van der Waals surface area contributed by atoms with Crippen LogP contribution in [-0.4, -0.2) is 42.5 Å². The summed E-state index contributed by atoms with van der Waals surface area (Å²) in [6.07, 6.45) is 4.14. The van der Waals surface area contributed by atoms with Crippen LogP contribution >= 0.6 is 0 Å². The number of rotatable bonds is 6. The highest BCUT2D eigenvalue weighted by molar-refractivity contribution is 5.83. The fourth-order valence-electron chi connectivity index (χ4n) is 4.47. The molecule has 0 amide bonds. The third kappa shape index (κ3) is 4.00. The van der Waals surface area contributed by atoms with Gasteiger partial charge in [0.2, 0.25) is 5.95 Å². The Kier molecular flexibility index (Phi) is 5.73. The van der Waals surface area contributed by atoms with Gasteiger partial charge >= 0.3 is 0 Å². The van der Waals surface area contributed by atoms with Crippen molar-refractivity contribution in [2.45, 2.75) is 46.2 Å². The van der Waals surface area contributed by atoms with E-state index >= 15 is 0 Å². The molecule has 0 bridgehead atoms. The molecular formula is C25H27F2N7. The molecule has 1 atom stereocenters. The number of likely N-dealkylation sites (tertiary alicyclic amines) is 1. The van der Waals surface area contributed by atoms with E-state index in [0.29, 0.717) is 28.8 Å². The van der Waals surface area contributed by atoms with Crippen molar-refractivity contribution < 1.29 is 8.78 Å². The molecule has 1 aliphatic rings. The van der Waals surface area contributed by atoms with Gasteiger partial charge in [-0.3, -0.25) is 4.90 Å². The van der Waals surface area contributed by atoms with Gasteiger partial charge in [0, 0.05) is 23.8 Å². The summed E-state index contributed by atoms with van der Waals surface area (Å²) >= 11 is 0. The quantitative estimate of drug-likeness (QED) is 0.403. The first kappa shape index (κ1) is 22.3. The van der Waals surface area contributed by atoms with Gasteiger partial charge in [-0.2, -0.15) is 0 Å². The molecule has 9 heteroatoms. The average molecular weight is 464 g/mol. The van der Waals surface area contributed by atoms with E-state index in [1.54, 1.807) is 6.07 Å². The second-order valence-electron chi connectivity index (χ2n) is 9.01. The fraction of sp³-hybridized carbons (Fsp3) is 0.360. The maximum Gasteiger partial charge on any atom is 0.229 e. The van der Waals surface area contributed by atoms with E-state index in [2.05, 4.69) is 37.1 Å². The van der Waals surface area contributed by atoms with Crippen LogP contribution in [0.4, 0.5) is 20.5 Å². The fourth-order valence-corrected chi connectivity index (χ4v) is 4.47. The van der Waals surface area contributed by atoms with Crippen LogP contribution in [0.1, 0.15) is 50.7 Å². The Hall–Kier alpha value is -3.46. The van der Waals surface area contributed by atoms with Crippen molar-refractivity contribution in [1.29, 1.82) is 0 Å². The number of benzene rings is 1. The number of nitrogens with one attached hydrogen (secondary N) is 1. The zero-order valence-electron chi connectivity index (χ0n) is 19.7. The molecule has 3 aromatic heterocycles. The minimum atomic E-state index is -0.636. The lowest BCUT2D eigenvalue weighted by Crippen LogP contribution is -2.39. The standard InChI is InChI=1S/C25H27F2N7/c1-14(2)34-16(4)30-24-19(26)10-18(11-21(24)34)23-20(27)13-29-25(32-23)31-22-7-6-17(12-28-22)15(3)33-8-5-9-33/h6-7,10-15H,5,8-9H2,1-4H3,(H,28,29,31,32). The third-order valence-corrected chi connectivity index (χ3v) is 6.41. The number of fused-ring (bicyclic) bond motifs is 1. The molecule has 0 aliphatic carbocycles. The van der Waals surface area contributed by atoms with Crippen molar-refractivity contribution in [2.75, 3.05) is 18.4 Å². The van der Waals surface area contributed by atoms with Gasteiger partial charge < -0.3 is 9.88 Å². The Morgan fingerprint density at radius 3 is 2.41 bits per heavy atom. The van der Waals surface area contributed by atoms with Crippen molar-refractivity contribution in [3.05, 3.63) is 59.7 Å². The van der Waals surface area contributed by atoms with Gasteiger partial charge in [0.1, 0.15) is 22.9 Å². The van der Waals surface area contributed by atoms with E-state index in [1.165, 1.54) is 12.5 Å². The van der Waals surface area contributed by atoms with Crippen molar-refractivity contribution in [1.82, 2.24) is 29.4 Å². The smallest absolute Gasteiger partial charge is 0.229 e.